The smallest absolute Gasteiger partial charge is 0.228 e. The fourth-order valence-electron chi connectivity index (χ4n) is 1.35. The minimum Gasteiger partial charge on any atom is -0.497 e. The van der Waals surface area contributed by atoms with Crippen LogP contribution in [0.25, 0.3) is 0 Å². The van der Waals surface area contributed by atoms with Crippen LogP contribution in [0.1, 0.15) is 5.56 Å². The average Bonchev–Trinajstić information content (AvgIpc) is 2.39. The normalized spacial score (nSPS) is 10.2. The van der Waals surface area contributed by atoms with Crippen LogP contribution in [0.5, 0.6) is 17.4 Å². The van der Waals surface area contributed by atoms with Crippen molar-refractivity contribution in [3.8, 4) is 17.4 Å². The predicted octanol–water partition coefficient (Wildman–Crippen LogP) is 3.67. The highest BCUT2D eigenvalue weighted by Crippen LogP contribution is 2.29. The van der Waals surface area contributed by atoms with Crippen LogP contribution in [0, 0.1) is 0 Å². The number of hydrogen-bond acceptors (Lipinski definition) is 4. The standard InChI is InChI=1S/C12H10Cl2N2O2/c1-17-8-3-2-4-9(5-8)18-12-10(6-13)11(14)15-7-16-12/h2-5,7H,6H2,1H3. The van der Waals surface area contributed by atoms with E-state index in [1.54, 1.807) is 19.2 Å². The molecule has 4 nitrogen and oxygen atoms in total. The Morgan fingerprint density at radius 3 is 2.72 bits per heavy atom. The molecular weight excluding hydrogens is 275 g/mol. The molecule has 0 atom stereocenters. The molecule has 1 aromatic carbocycles. The molecule has 94 valence electrons. The van der Waals surface area contributed by atoms with Crippen LogP contribution < -0.4 is 9.47 Å². The monoisotopic (exact) mass is 284 g/mol. The summed E-state index contributed by atoms with van der Waals surface area (Å²) in [6, 6.07) is 7.17. The first-order valence-electron chi connectivity index (χ1n) is 5.12. The van der Waals surface area contributed by atoms with Crippen molar-refractivity contribution in [2.24, 2.45) is 0 Å². The van der Waals surface area contributed by atoms with Gasteiger partial charge in [-0.1, -0.05) is 17.7 Å². The van der Waals surface area contributed by atoms with E-state index < -0.39 is 0 Å². The SMILES string of the molecule is COc1cccc(Oc2ncnc(Cl)c2CCl)c1. The first-order valence-corrected chi connectivity index (χ1v) is 6.03. The Morgan fingerprint density at radius 1 is 1.22 bits per heavy atom. The van der Waals surface area contributed by atoms with Crippen LogP contribution in [0.3, 0.4) is 0 Å². The topological polar surface area (TPSA) is 44.2 Å². The first kappa shape index (κ1) is 12.9. The van der Waals surface area contributed by atoms with E-state index in [2.05, 4.69) is 9.97 Å². The van der Waals surface area contributed by atoms with Gasteiger partial charge in [0.2, 0.25) is 5.88 Å². The molecule has 0 aliphatic carbocycles. The maximum atomic E-state index is 5.91. The minimum absolute atomic E-state index is 0.180. The molecule has 0 fully saturated rings. The Hall–Kier alpha value is -1.52. The third kappa shape index (κ3) is 2.83. The van der Waals surface area contributed by atoms with E-state index in [0.717, 1.165) is 0 Å². The number of hydrogen-bond donors (Lipinski definition) is 0. The van der Waals surface area contributed by atoms with Crippen LogP contribution in [-0.4, -0.2) is 17.1 Å². The highest BCUT2D eigenvalue weighted by molar-refractivity contribution is 6.31. The summed E-state index contributed by atoms with van der Waals surface area (Å²) < 4.78 is 10.7. The fourth-order valence-corrected chi connectivity index (χ4v) is 1.85. The van der Waals surface area contributed by atoms with Crippen LogP contribution in [0.15, 0.2) is 30.6 Å². The number of halogens is 2. The van der Waals surface area contributed by atoms with Crippen LogP contribution in [-0.2, 0) is 5.88 Å². The first-order chi connectivity index (χ1) is 8.74. The Labute approximate surface area is 114 Å². The number of alkyl halides is 1. The third-order valence-corrected chi connectivity index (χ3v) is 2.84. The maximum absolute atomic E-state index is 5.91. The Morgan fingerprint density at radius 2 is 2.00 bits per heavy atom. The van der Waals surface area contributed by atoms with E-state index >= 15 is 0 Å². The van der Waals surface area contributed by atoms with Crippen molar-refractivity contribution in [1.82, 2.24) is 9.97 Å². The van der Waals surface area contributed by atoms with Gasteiger partial charge >= 0.3 is 0 Å². The van der Waals surface area contributed by atoms with Gasteiger partial charge in [0, 0.05) is 6.07 Å². The molecule has 0 amide bonds. The molecular formula is C12H10Cl2N2O2. The zero-order valence-corrected chi connectivity index (χ0v) is 11.1. The quantitative estimate of drug-likeness (QED) is 0.635. The van der Waals surface area contributed by atoms with Gasteiger partial charge < -0.3 is 9.47 Å². The molecule has 2 aromatic rings. The van der Waals surface area contributed by atoms with Gasteiger partial charge in [-0.25, -0.2) is 9.97 Å². The van der Waals surface area contributed by atoms with Crippen molar-refractivity contribution in [1.29, 1.82) is 0 Å². The molecule has 0 unspecified atom stereocenters. The van der Waals surface area contributed by atoms with Gasteiger partial charge in [0.1, 0.15) is 23.0 Å². The van der Waals surface area contributed by atoms with Gasteiger partial charge in [-0.2, -0.15) is 0 Å². The number of rotatable bonds is 4. The highest BCUT2D eigenvalue weighted by Gasteiger charge is 2.11. The summed E-state index contributed by atoms with van der Waals surface area (Å²) in [5.74, 6) is 1.81. The summed E-state index contributed by atoms with van der Waals surface area (Å²) in [7, 11) is 1.59. The molecule has 0 bridgehead atoms. The number of benzene rings is 1. The molecule has 0 radical (unpaired) electrons. The van der Waals surface area contributed by atoms with Crippen molar-refractivity contribution in [3.05, 3.63) is 41.3 Å². The number of ether oxygens (including phenoxy) is 2. The second-order valence-electron chi connectivity index (χ2n) is 3.36. The summed E-state index contributed by atoms with van der Waals surface area (Å²) in [5.41, 5.74) is 0.559. The van der Waals surface area contributed by atoms with E-state index in [1.165, 1.54) is 6.33 Å². The summed E-state index contributed by atoms with van der Waals surface area (Å²) in [5, 5.41) is 0.290. The number of methoxy groups -OCH3 is 1. The molecule has 0 saturated carbocycles. The van der Waals surface area contributed by atoms with Gasteiger partial charge in [0.25, 0.3) is 0 Å². The highest BCUT2D eigenvalue weighted by atomic mass is 35.5. The molecule has 18 heavy (non-hydrogen) atoms. The van der Waals surface area contributed by atoms with Crippen LogP contribution in [0.4, 0.5) is 0 Å². The van der Waals surface area contributed by atoms with Crippen molar-refractivity contribution in [2.45, 2.75) is 5.88 Å². The molecule has 1 heterocycles. The zero-order valence-electron chi connectivity index (χ0n) is 9.56. The van der Waals surface area contributed by atoms with Crippen molar-refractivity contribution < 1.29 is 9.47 Å². The van der Waals surface area contributed by atoms with Crippen molar-refractivity contribution >= 4 is 23.2 Å². The van der Waals surface area contributed by atoms with Gasteiger partial charge in [-0.05, 0) is 12.1 Å². The van der Waals surface area contributed by atoms with Gasteiger partial charge in [0.15, 0.2) is 0 Å². The largest absolute Gasteiger partial charge is 0.497 e. The Kier molecular flexibility index (Phi) is 4.23. The van der Waals surface area contributed by atoms with Crippen molar-refractivity contribution in [3.63, 3.8) is 0 Å². The lowest BCUT2D eigenvalue weighted by Gasteiger charge is -2.09. The fraction of sp³-hybridized carbons (Fsp3) is 0.167. The molecule has 2 rings (SSSR count). The van der Waals surface area contributed by atoms with Crippen LogP contribution in [0.2, 0.25) is 5.15 Å². The molecule has 0 aliphatic heterocycles. The van der Waals surface area contributed by atoms with Crippen LogP contribution >= 0.6 is 23.2 Å². The van der Waals surface area contributed by atoms with E-state index in [-0.39, 0.29) is 11.0 Å². The Balaban J connectivity index is 2.30. The van der Waals surface area contributed by atoms with Gasteiger partial charge in [0.05, 0.1) is 18.6 Å². The summed E-state index contributed by atoms with van der Waals surface area (Å²) in [6.07, 6.45) is 1.33. The summed E-state index contributed by atoms with van der Waals surface area (Å²) in [6.45, 7) is 0. The third-order valence-electron chi connectivity index (χ3n) is 2.24. The molecule has 0 spiro atoms. The molecule has 6 heteroatoms. The predicted molar refractivity (Wildman–Crippen MR) is 69.7 cm³/mol. The summed E-state index contributed by atoms with van der Waals surface area (Å²) >= 11 is 11.7. The molecule has 0 aliphatic rings. The lowest BCUT2D eigenvalue weighted by molar-refractivity contribution is 0.406. The zero-order chi connectivity index (χ0) is 13.0. The number of nitrogens with zero attached hydrogens (tertiary/aromatic N) is 2. The lowest BCUT2D eigenvalue weighted by Crippen LogP contribution is -1.96. The van der Waals surface area contributed by atoms with E-state index in [9.17, 15) is 0 Å². The molecule has 0 N–H and O–H groups in total. The van der Waals surface area contributed by atoms with E-state index in [0.29, 0.717) is 22.9 Å². The van der Waals surface area contributed by atoms with E-state index in [4.69, 9.17) is 32.7 Å². The molecule has 1 aromatic heterocycles. The lowest BCUT2D eigenvalue weighted by atomic mass is 10.3. The Bertz CT molecular complexity index is 549. The average molecular weight is 285 g/mol. The second-order valence-corrected chi connectivity index (χ2v) is 3.99. The van der Waals surface area contributed by atoms with Crippen molar-refractivity contribution in [2.75, 3.05) is 7.11 Å². The van der Waals surface area contributed by atoms with Gasteiger partial charge in [-0.15, -0.1) is 11.6 Å². The number of aromatic nitrogens is 2. The van der Waals surface area contributed by atoms with Gasteiger partial charge in [-0.3, -0.25) is 0 Å². The maximum Gasteiger partial charge on any atom is 0.228 e. The van der Waals surface area contributed by atoms with E-state index in [1.807, 2.05) is 12.1 Å². The minimum atomic E-state index is 0.180. The second kappa shape index (κ2) is 5.89. The molecule has 0 saturated heterocycles. The summed E-state index contributed by atoms with van der Waals surface area (Å²) in [4.78, 5) is 7.87.